The van der Waals surface area contributed by atoms with E-state index in [9.17, 15) is 14.4 Å². The Bertz CT molecular complexity index is 1320. The van der Waals surface area contributed by atoms with Crippen LogP contribution in [0.15, 0.2) is 84.9 Å². The Morgan fingerprint density at radius 1 is 0.946 bits per heavy atom. The Balaban J connectivity index is 1.74. The molecular formula is C29H29ClN4O3. The summed E-state index contributed by atoms with van der Waals surface area (Å²) in [7, 11) is 0. The van der Waals surface area contributed by atoms with Crippen molar-refractivity contribution in [3.63, 3.8) is 0 Å². The number of para-hydroxylation sites is 1. The minimum Gasteiger partial charge on any atom is -0.342 e. The fourth-order valence-electron chi connectivity index (χ4n) is 4.37. The van der Waals surface area contributed by atoms with Gasteiger partial charge in [-0.3, -0.25) is 9.59 Å². The quantitative estimate of drug-likeness (QED) is 0.454. The van der Waals surface area contributed by atoms with Crippen molar-refractivity contribution in [1.82, 2.24) is 10.2 Å². The molecule has 1 aliphatic rings. The van der Waals surface area contributed by atoms with Crippen molar-refractivity contribution in [3.05, 3.63) is 101 Å². The Hall–Kier alpha value is -4.10. The van der Waals surface area contributed by atoms with Crippen molar-refractivity contribution in [2.45, 2.75) is 19.9 Å². The van der Waals surface area contributed by atoms with Gasteiger partial charge in [0.2, 0.25) is 5.91 Å². The molecule has 7 nitrogen and oxygen atoms in total. The number of fused-ring (bicyclic) bond motifs is 1. The van der Waals surface area contributed by atoms with Crippen molar-refractivity contribution < 1.29 is 14.4 Å². The molecule has 0 spiro atoms. The Morgan fingerprint density at radius 3 is 2.35 bits per heavy atom. The maximum absolute atomic E-state index is 13.9. The zero-order valence-electron chi connectivity index (χ0n) is 20.8. The molecule has 0 saturated carbocycles. The Kier molecular flexibility index (Phi) is 8.25. The number of hydrogen-bond donors (Lipinski definition) is 2. The van der Waals surface area contributed by atoms with Crippen LogP contribution in [0.1, 0.15) is 25.0 Å². The van der Waals surface area contributed by atoms with E-state index in [0.717, 1.165) is 16.7 Å². The maximum Gasteiger partial charge on any atom is 0.320 e. The molecule has 3 aromatic carbocycles. The number of urea groups is 1. The van der Waals surface area contributed by atoms with Crippen LogP contribution in [0.25, 0.3) is 5.57 Å². The summed E-state index contributed by atoms with van der Waals surface area (Å²) >= 11 is 6.04. The third-order valence-electron chi connectivity index (χ3n) is 6.21. The highest BCUT2D eigenvalue weighted by Crippen LogP contribution is 2.35. The molecule has 0 radical (unpaired) electrons. The highest BCUT2D eigenvalue weighted by molar-refractivity contribution is 6.30. The van der Waals surface area contributed by atoms with Gasteiger partial charge in [0, 0.05) is 29.4 Å². The van der Waals surface area contributed by atoms with Gasteiger partial charge in [-0.2, -0.15) is 0 Å². The minimum absolute atomic E-state index is 0.137. The van der Waals surface area contributed by atoms with Gasteiger partial charge >= 0.3 is 6.03 Å². The van der Waals surface area contributed by atoms with Crippen LogP contribution in [0.5, 0.6) is 0 Å². The molecule has 3 aromatic rings. The second-order valence-electron chi connectivity index (χ2n) is 8.54. The van der Waals surface area contributed by atoms with Gasteiger partial charge in [0.05, 0.1) is 5.69 Å². The number of nitrogens with zero attached hydrogens (tertiary/aromatic N) is 2. The van der Waals surface area contributed by atoms with Gasteiger partial charge in [0.15, 0.2) is 0 Å². The van der Waals surface area contributed by atoms with Crippen LogP contribution in [0, 0.1) is 0 Å². The number of carbonyl (C=O) groups is 3. The third kappa shape index (κ3) is 6.01. The van der Waals surface area contributed by atoms with Gasteiger partial charge in [-0.25, -0.2) is 4.79 Å². The van der Waals surface area contributed by atoms with Gasteiger partial charge in [-0.05, 0) is 55.3 Å². The molecule has 1 atom stereocenters. The number of hydrogen-bond acceptors (Lipinski definition) is 3. The van der Waals surface area contributed by atoms with Crippen LogP contribution >= 0.6 is 11.6 Å². The largest absolute Gasteiger partial charge is 0.342 e. The molecule has 4 amide bonds. The zero-order chi connectivity index (χ0) is 26.4. The SMILES string of the molecule is CCN(CC)C(=O)CN1C(=O)C(NC(=O)Nc2cccc(Cl)c2)C=C(c2ccccc2)c2ccccc21. The molecule has 0 saturated heterocycles. The summed E-state index contributed by atoms with van der Waals surface area (Å²) < 4.78 is 0. The van der Waals surface area contributed by atoms with Crippen molar-refractivity contribution in [2.75, 3.05) is 29.9 Å². The van der Waals surface area contributed by atoms with E-state index in [-0.39, 0.29) is 12.5 Å². The Morgan fingerprint density at radius 2 is 1.65 bits per heavy atom. The molecule has 190 valence electrons. The van der Waals surface area contributed by atoms with Gasteiger partial charge in [0.1, 0.15) is 12.6 Å². The lowest BCUT2D eigenvalue weighted by molar-refractivity contribution is -0.131. The normalized spacial score (nSPS) is 14.8. The highest BCUT2D eigenvalue weighted by atomic mass is 35.5. The number of benzene rings is 3. The summed E-state index contributed by atoms with van der Waals surface area (Å²) in [5, 5.41) is 5.99. The van der Waals surface area contributed by atoms with Crippen LogP contribution in [0.3, 0.4) is 0 Å². The van der Waals surface area contributed by atoms with E-state index in [4.69, 9.17) is 11.6 Å². The van der Waals surface area contributed by atoms with E-state index in [1.54, 1.807) is 35.2 Å². The topological polar surface area (TPSA) is 81.8 Å². The monoisotopic (exact) mass is 516 g/mol. The average Bonchev–Trinajstić information content (AvgIpc) is 3.00. The van der Waals surface area contributed by atoms with Crippen molar-refractivity contribution in [2.24, 2.45) is 0 Å². The lowest BCUT2D eigenvalue weighted by Crippen LogP contribution is -2.51. The maximum atomic E-state index is 13.9. The fourth-order valence-corrected chi connectivity index (χ4v) is 4.56. The predicted octanol–water partition coefficient (Wildman–Crippen LogP) is 5.18. The molecule has 1 heterocycles. The molecule has 4 rings (SSSR count). The minimum atomic E-state index is -1.02. The summed E-state index contributed by atoms with van der Waals surface area (Å²) in [6.07, 6.45) is 1.75. The molecule has 0 fully saturated rings. The van der Waals surface area contributed by atoms with E-state index in [1.807, 2.05) is 68.4 Å². The smallest absolute Gasteiger partial charge is 0.320 e. The van der Waals surface area contributed by atoms with Crippen LogP contribution in [-0.2, 0) is 9.59 Å². The molecule has 2 N–H and O–H groups in total. The van der Waals surface area contributed by atoms with Crippen LogP contribution in [0.2, 0.25) is 5.02 Å². The van der Waals surface area contributed by atoms with E-state index in [2.05, 4.69) is 10.6 Å². The van der Waals surface area contributed by atoms with Crippen LogP contribution in [-0.4, -0.2) is 48.4 Å². The number of anilines is 2. The van der Waals surface area contributed by atoms with Gasteiger partial charge in [0.25, 0.3) is 5.91 Å². The molecule has 1 aliphatic heterocycles. The van der Waals surface area contributed by atoms with E-state index >= 15 is 0 Å². The molecule has 0 aromatic heterocycles. The summed E-state index contributed by atoms with van der Waals surface area (Å²) in [6.45, 7) is 4.74. The number of likely N-dealkylation sites (N-methyl/N-ethyl adjacent to an activating group) is 1. The number of amides is 4. The van der Waals surface area contributed by atoms with Crippen LogP contribution in [0.4, 0.5) is 16.2 Å². The first kappa shape index (κ1) is 26.0. The lowest BCUT2D eigenvalue weighted by Gasteiger charge is -2.28. The lowest BCUT2D eigenvalue weighted by atomic mass is 9.95. The average molecular weight is 517 g/mol. The number of carbonyl (C=O) groups excluding carboxylic acids is 3. The van der Waals surface area contributed by atoms with Gasteiger partial charge < -0.3 is 20.4 Å². The molecule has 37 heavy (non-hydrogen) atoms. The van der Waals surface area contributed by atoms with E-state index in [0.29, 0.717) is 29.5 Å². The molecule has 1 unspecified atom stereocenters. The molecular weight excluding hydrogens is 488 g/mol. The highest BCUT2D eigenvalue weighted by Gasteiger charge is 2.33. The molecule has 0 bridgehead atoms. The third-order valence-corrected chi connectivity index (χ3v) is 6.45. The summed E-state index contributed by atoms with van der Waals surface area (Å²) in [6, 6.07) is 22.3. The first-order valence-electron chi connectivity index (χ1n) is 12.2. The first-order chi connectivity index (χ1) is 17.9. The molecule has 8 heteroatoms. The Labute approximate surface area is 221 Å². The summed E-state index contributed by atoms with van der Waals surface area (Å²) in [5.41, 5.74) is 3.59. The summed E-state index contributed by atoms with van der Waals surface area (Å²) in [4.78, 5) is 43.1. The van der Waals surface area contributed by atoms with Gasteiger partial charge in [-0.15, -0.1) is 0 Å². The van der Waals surface area contributed by atoms with E-state index < -0.39 is 18.0 Å². The van der Waals surface area contributed by atoms with E-state index in [1.165, 1.54) is 4.90 Å². The number of rotatable bonds is 7. The van der Waals surface area contributed by atoms with Crippen molar-refractivity contribution >= 4 is 46.4 Å². The number of nitrogens with one attached hydrogen (secondary N) is 2. The van der Waals surface area contributed by atoms with Crippen LogP contribution < -0.4 is 15.5 Å². The standard InChI is InChI=1S/C29H29ClN4O3/c1-3-33(4-2)27(35)19-34-26-16-9-8-15-23(26)24(20-11-6-5-7-12-20)18-25(28(34)36)32-29(37)31-22-14-10-13-21(30)17-22/h5-18,25H,3-4,19H2,1-2H3,(H2,31,32,37). The van der Waals surface area contributed by atoms with Crippen molar-refractivity contribution in [1.29, 1.82) is 0 Å². The summed E-state index contributed by atoms with van der Waals surface area (Å²) in [5.74, 6) is -0.571. The fraction of sp³-hybridized carbons (Fsp3) is 0.207. The molecule has 0 aliphatic carbocycles. The second kappa shape index (κ2) is 11.8. The predicted molar refractivity (Wildman–Crippen MR) is 148 cm³/mol. The first-order valence-corrected chi connectivity index (χ1v) is 12.6. The van der Waals surface area contributed by atoms with Crippen molar-refractivity contribution in [3.8, 4) is 0 Å². The second-order valence-corrected chi connectivity index (χ2v) is 8.98. The number of halogens is 1. The zero-order valence-corrected chi connectivity index (χ0v) is 21.5. The van der Waals surface area contributed by atoms with Gasteiger partial charge in [-0.1, -0.05) is 66.2 Å².